The SMILES string of the molecule is C=C[Si]1(C)OCCN(CCO)CCO1. The minimum Gasteiger partial charge on any atom is -0.395 e. The molecule has 0 atom stereocenters. The van der Waals surface area contributed by atoms with Crippen LogP contribution in [0.5, 0.6) is 0 Å². The number of aliphatic hydroxyl groups excluding tert-OH is 1. The Bertz CT molecular complexity index is 179. The number of rotatable bonds is 3. The van der Waals surface area contributed by atoms with Crippen LogP contribution >= 0.6 is 0 Å². The van der Waals surface area contributed by atoms with Gasteiger partial charge in [-0.2, -0.15) is 0 Å². The second-order valence-electron chi connectivity index (χ2n) is 3.48. The first-order chi connectivity index (χ1) is 6.70. The van der Waals surface area contributed by atoms with Crippen molar-refractivity contribution in [3.8, 4) is 0 Å². The van der Waals surface area contributed by atoms with Crippen LogP contribution in [-0.2, 0) is 8.85 Å². The van der Waals surface area contributed by atoms with Gasteiger partial charge in [-0.3, -0.25) is 4.90 Å². The van der Waals surface area contributed by atoms with Gasteiger partial charge in [-0.1, -0.05) is 0 Å². The smallest absolute Gasteiger partial charge is 0.361 e. The molecule has 1 heterocycles. The van der Waals surface area contributed by atoms with Crippen molar-refractivity contribution >= 4 is 8.56 Å². The largest absolute Gasteiger partial charge is 0.395 e. The van der Waals surface area contributed by atoms with Crippen molar-refractivity contribution in [2.75, 3.05) is 39.5 Å². The Morgan fingerprint density at radius 3 is 2.43 bits per heavy atom. The lowest BCUT2D eigenvalue weighted by molar-refractivity contribution is 0.0914. The summed E-state index contributed by atoms with van der Waals surface area (Å²) in [6.45, 7) is 9.67. The average Bonchev–Trinajstić information content (AvgIpc) is 2.15. The third kappa shape index (κ3) is 3.51. The minimum atomic E-state index is -2.07. The van der Waals surface area contributed by atoms with Crippen LogP contribution in [0.2, 0.25) is 6.55 Å². The third-order valence-electron chi connectivity index (χ3n) is 2.38. The molecule has 1 rings (SSSR count). The average molecular weight is 217 g/mol. The fraction of sp³-hybridized carbons (Fsp3) is 0.778. The van der Waals surface area contributed by atoms with E-state index in [0.717, 1.165) is 13.1 Å². The van der Waals surface area contributed by atoms with Crippen LogP contribution in [0.3, 0.4) is 0 Å². The minimum absolute atomic E-state index is 0.191. The van der Waals surface area contributed by atoms with E-state index in [1.165, 1.54) is 0 Å². The zero-order valence-electron chi connectivity index (χ0n) is 8.74. The van der Waals surface area contributed by atoms with Crippen LogP contribution in [-0.4, -0.2) is 58.0 Å². The summed E-state index contributed by atoms with van der Waals surface area (Å²) in [5, 5.41) is 8.80. The van der Waals surface area contributed by atoms with Crippen molar-refractivity contribution < 1.29 is 14.0 Å². The Labute approximate surface area is 86.4 Å². The van der Waals surface area contributed by atoms with Gasteiger partial charge in [0.2, 0.25) is 0 Å². The van der Waals surface area contributed by atoms with Gasteiger partial charge in [0.1, 0.15) is 0 Å². The van der Waals surface area contributed by atoms with E-state index in [2.05, 4.69) is 11.5 Å². The van der Waals surface area contributed by atoms with E-state index in [-0.39, 0.29) is 6.61 Å². The van der Waals surface area contributed by atoms with E-state index in [0.29, 0.717) is 19.8 Å². The monoisotopic (exact) mass is 217 g/mol. The van der Waals surface area contributed by atoms with E-state index >= 15 is 0 Å². The summed E-state index contributed by atoms with van der Waals surface area (Å²) in [5.41, 5.74) is 1.81. The van der Waals surface area contributed by atoms with Crippen molar-refractivity contribution in [1.82, 2.24) is 4.90 Å². The van der Waals surface area contributed by atoms with Gasteiger partial charge in [0.15, 0.2) is 0 Å². The summed E-state index contributed by atoms with van der Waals surface area (Å²) in [7, 11) is -2.07. The molecule has 0 saturated carbocycles. The maximum Gasteiger partial charge on any atom is 0.361 e. The zero-order chi connectivity index (χ0) is 10.4. The number of hydrogen-bond acceptors (Lipinski definition) is 4. The number of aliphatic hydroxyl groups is 1. The molecular formula is C9H19NO3Si. The molecule has 5 heteroatoms. The van der Waals surface area contributed by atoms with Crippen LogP contribution in [0.15, 0.2) is 12.3 Å². The summed E-state index contributed by atoms with van der Waals surface area (Å²) in [4.78, 5) is 2.14. The first-order valence-electron chi connectivity index (χ1n) is 4.95. The molecule has 1 fully saturated rings. The highest BCUT2D eigenvalue weighted by Crippen LogP contribution is 2.10. The van der Waals surface area contributed by atoms with Gasteiger partial charge in [-0.15, -0.1) is 6.58 Å². The normalized spacial score (nSPS) is 23.9. The topological polar surface area (TPSA) is 41.9 Å². The van der Waals surface area contributed by atoms with Crippen LogP contribution in [0.25, 0.3) is 0 Å². The third-order valence-corrected chi connectivity index (χ3v) is 4.68. The lowest BCUT2D eigenvalue weighted by Crippen LogP contribution is -2.45. The molecule has 1 aliphatic rings. The highest BCUT2D eigenvalue weighted by molar-refractivity contribution is 6.71. The number of nitrogens with zero attached hydrogens (tertiary/aromatic N) is 1. The first-order valence-corrected chi connectivity index (χ1v) is 7.34. The van der Waals surface area contributed by atoms with Crippen molar-refractivity contribution in [3.63, 3.8) is 0 Å². The molecule has 1 N–H and O–H groups in total. The molecule has 0 amide bonds. The van der Waals surface area contributed by atoms with Crippen LogP contribution in [0.1, 0.15) is 0 Å². The van der Waals surface area contributed by atoms with Crippen LogP contribution in [0.4, 0.5) is 0 Å². The van der Waals surface area contributed by atoms with E-state index in [9.17, 15) is 0 Å². The number of hydrogen-bond donors (Lipinski definition) is 1. The molecule has 0 unspecified atom stereocenters. The highest BCUT2D eigenvalue weighted by Gasteiger charge is 2.29. The lowest BCUT2D eigenvalue weighted by Gasteiger charge is -2.31. The van der Waals surface area contributed by atoms with Gasteiger partial charge < -0.3 is 14.0 Å². The molecule has 0 aromatic rings. The maximum absolute atomic E-state index is 8.80. The van der Waals surface area contributed by atoms with E-state index in [1.54, 1.807) is 0 Å². The van der Waals surface area contributed by atoms with E-state index in [1.807, 2.05) is 12.2 Å². The van der Waals surface area contributed by atoms with Crippen molar-refractivity contribution in [2.45, 2.75) is 6.55 Å². The predicted octanol–water partition coefficient (Wildman–Crippen LogP) is 0.125. The molecule has 0 spiro atoms. The quantitative estimate of drug-likeness (QED) is 0.682. The second kappa shape index (κ2) is 5.62. The van der Waals surface area contributed by atoms with Gasteiger partial charge >= 0.3 is 8.56 Å². The molecule has 82 valence electrons. The van der Waals surface area contributed by atoms with Gasteiger partial charge in [0.05, 0.1) is 6.61 Å². The van der Waals surface area contributed by atoms with E-state index < -0.39 is 8.56 Å². The van der Waals surface area contributed by atoms with Crippen molar-refractivity contribution in [1.29, 1.82) is 0 Å². The first kappa shape index (κ1) is 11.9. The van der Waals surface area contributed by atoms with Gasteiger partial charge in [-0.25, -0.2) is 0 Å². The molecule has 0 radical (unpaired) electrons. The fourth-order valence-corrected chi connectivity index (χ4v) is 2.70. The predicted molar refractivity (Wildman–Crippen MR) is 57.2 cm³/mol. The molecule has 4 nitrogen and oxygen atoms in total. The molecule has 14 heavy (non-hydrogen) atoms. The lowest BCUT2D eigenvalue weighted by atomic mass is 10.4. The molecule has 0 aromatic heterocycles. The maximum atomic E-state index is 8.80. The summed E-state index contributed by atoms with van der Waals surface area (Å²) in [5.74, 6) is 0. The van der Waals surface area contributed by atoms with Crippen molar-refractivity contribution in [2.24, 2.45) is 0 Å². The van der Waals surface area contributed by atoms with Crippen LogP contribution < -0.4 is 0 Å². The Hall–Kier alpha value is -0.203. The van der Waals surface area contributed by atoms with Gasteiger partial charge in [0.25, 0.3) is 0 Å². The second-order valence-corrected chi connectivity index (χ2v) is 6.50. The Morgan fingerprint density at radius 1 is 1.43 bits per heavy atom. The Balaban J connectivity index is 2.38. The van der Waals surface area contributed by atoms with Gasteiger partial charge in [-0.05, 0) is 12.2 Å². The Morgan fingerprint density at radius 2 is 2.00 bits per heavy atom. The summed E-state index contributed by atoms with van der Waals surface area (Å²) in [6.07, 6.45) is 0. The molecule has 1 aliphatic heterocycles. The molecule has 1 saturated heterocycles. The zero-order valence-corrected chi connectivity index (χ0v) is 9.74. The van der Waals surface area contributed by atoms with E-state index in [4.69, 9.17) is 14.0 Å². The summed E-state index contributed by atoms with van der Waals surface area (Å²) < 4.78 is 11.3. The van der Waals surface area contributed by atoms with Gasteiger partial charge in [0, 0.05) is 32.8 Å². The Kier molecular flexibility index (Phi) is 4.77. The molecule has 0 bridgehead atoms. The van der Waals surface area contributed by atoms with Crippen LogP contribution in [0, 0.1) is 0 Å². The standard InChI is InChI=1S/C9H19NO3Si/c1-3-14(2)12-8-5-10(4-7-11)6-9-13-14/h3,11H,1,4-9H2,2H3. The summed E-state index contributed by atoms with van der Waals surface area (Å²) in [6, 6.07) is 0. The number of β-amino-alcohol motifs (C(OH)–C–C–N with tert-alkyl or cyclic N) is 1. The summed E-state index contributed by atoms with van der Waals surface area (Å²) >= 11 is 0. The molecule has 0 aliphatic carbocycles. The fourth-order valence-electron chi connectivity index (χ4n) is 1.39. The van der Waals surface area contributed by atoms with Crippen molar-refractivity contribution in [3.05, 3.63) is 12.3 Å². The molecular weight excluding hydrogens is 198 g/mol. The molecule has 0 aromatic carbocycles. The highest BCUT2D eigenvalue weighted by atomic mass is 28.4.